The number of rotatable bonds is 6. The van der Waals surface area contributed by atoms with E-state index < -0.39 is 0 Å². The standard InChI is InChI=1S/C18H22FN/c1-3-18(16-10-7-11-17(19)12-16)20-13-14(2)15-8-5-4-6-9-15/h4-12,14,18,20H,3,13H2,1-2H3. The molecular formula is C18H22FN. The molecule has 106 valence electrons. The summed E-state index contributed by atoms with van der Waals surface area (Å²) in [6, 6.07) is 17.5. The summed E-state index contributed by atoms with van der Waals surface area (Å²) in [7, 11) is 0. The third kappa shape index (κ3) is 3.91. The molecule has 2 rings (SSSR count). The summed E-state index contributed by atoms with van der Waals surface area (Å²) in [5.41, 5.74) is 2.35. The van der Waals surface area contributed by atoms with Crippen molar-refractivity contribution >= 4 is 0 Å². The van der Waals surface area contributed by atoms with Crippen LogP contribution in [0.2, 0.25) is 0 Å². The number of hydrogen-bond acceptors (Lipinski definition) is 1. The Hall–Kier alpha value is -1.67. The van der Waals surface area contributed by atoms with E-state index in [1.165, 1.54) is 11.6 Å². The van der Waals surface area contributed by atoms with Crippen molar-refractivity contribution < 1.29 is 4.39 Å². The van der Waals surface area contributed by atoms with Crippen LogP contribution >= 0.6 is 0 Å². The first-order valence-corrected chi connectivity index (χ1v) is 7.24. The van der Waals surface area contributed by atoms with Crippen LogP contribution in [0.25, 0.3) is 0 Å². The normalized spacial score (nSPS) is 13.9. The summed E-state index contributed by atoms with van der Waals surface area (Å²) in [5, 5.41) is 3.54. The van der Waals surface area contributed by atoms with Gasteiger partial charge in [0.1, 0.15) is 5.82 Å². The molecule has 0 saturated heterocycles. The fraction of sp³-hybridized carbons (Fsp3) is 0.333. The van der Waals surface area contributed by atoms with Gasteiger partial charge in [0.2, 0.25) is 0 Å². The first-order valence-electron chi connectivity index (χ1n) is 7.24. The van der Waals surface area contributed by atoms with E-state index in [9.17, 15) is 4.39 Å². The molecule has 0 spiro atoms. The minimum atomic E-state index is -0.168. The molecule has 2 aromatic rings. The van der Waals surface area contributed by atoms with Crippen molar-refractivity contribution in [3.63, 3.8) is 0 Å². The van der Waals surface area contributed by atoms with Crippen LogP contribution in [0.4, 0.5) is 4.39 Å². The summed E-state index contributed by atoms with van der Waals surface area (Å²) in [6.07, 6.45) is 0.949. The topological polar surface area (TPSA) is 12.0 Å². The van der Waals surface area contributed by atoms with Gasteiger partial charge in [-0.15, -0.1) is 0 Å². The summed E-state index contributed by atoms with van der Waals surface area (Å²) in [5.74, 6) is 0.276. The molecule has 0 radical (unpaired) electrons. The average molecular weight is 271 g/mol. The molecule has 0 fully saturated rings. The zero-order valence-electron chi connectivity index (χ0n) is 12.1. The quantitative estimate of drug-likeness (QED) is 0.805. The van der Waals surface area contributed by atoms with Gasteiger partial charge < -0.3 is 5.32 Å². The van der Waals surface area contributed by atoms with Crippen LogP contribution in [0, 0.1) is 5.82 Å². The molecule has 0 bridgehead atoms. The molecule has 0 aliphatic heterocycles. The largest absolute Gasteiger partial charge is 0.309 e. The second kappa shape index (κ2) is 7.20. The van der Waals surface area contributed by atoms with Gasteiger partial charge in [-0.2, -0.15) is 0 Å². The third-order valence-corrected chi connectivity index (χ3v) is 3.70. The first-order chi connectivity index (χ1) is 9.70. The Balaban J connectivity index is 1.97. The van der Waals surface area contributed by atoms with Crippen molar-refractivity contribution in [1.82, 2.24) is 5.32 Å². The molecule has 1 nitrogen and oxygen atoms in total. The van der Waals surface area contributed by atoms with E-state index in [0.717, 1.165) is 18.5 Å². The lowest BCUT2D eigenvalue weighted by molar-refractivity contribution is 0.492. The van der Waals surface area contributed by atoms with E-state index in [2.05, 4.69) is 43.4 Å². The Labute approximate surface area is 120 Å². The van der Waals surface area contributed by atoms with Crippen LogP contribution in [0.15, 0.2) is 54.6 Å². The fourth-order valence-electron chi connectivity index (χ4n) is 2.44. The average Bonchev–Trinajstić information content (AvgIpc) is 2.48. The Morgan fingerprint density at radius 3 is 2.35 bits per heavy atom. The van der Waals surface area contributed by atoms with E-state index in [1.807, 2.05) is 12.1 Å². The van der Waals surface area contributed by atoms with Crippen molar-refractivity contribution in [3.05, 3.63) is 71.5 Å². The Morgan fingerprint density at radius 2 is 1.70 bits per heavy atom. The van der Waals surface area contributed by atoms with Crippen LogP contribution in [0.3, 0.4) is 0 Å². The maximum atomic E-state index is 13.3. The molecule has 20 heavy (non-hydrogen) atoms. The molecule has 0 amide bonds. The molecule has 0 saturated carbocycles. The summed E-state index contributed by atoms with van der Waals surface area (Å²) < 4.78 is 13.3. The third-order valence-electron chi connectivity index (χ3n) is 3.70. The van der Waals surface area contributed by atoms with Crippen LogP contribution in [0.5, 0.6) is 0 Å². The lowest BCUT2D eigenvalue weighted by atomic mass is 9.99. The fourth-order valence-corrected chi connectivity index (χ4v) is 2.44. The van der Waals surface area contributed by atoms with Crippen molar-refractivity contribution in [2.75, 3.05) is 6.54 Å². The maximum Gasteiger partial charge on any atom is 0.123 e. The van der Waals surface area contributed by atoms with Gasteiger partial charge in [0, 0.05) is 12.6 Å². The lowest BCUT2D eigenvalue weighted by Crippen LogP contribution is -2.25. The number of hydrogen-bond donors (Lipinski definition) is 1. The smallest absolute Gasteiger partial charge is 0.123 e. The maximum absolute atomic E-state index is 13.3. The van der Waals surface area contributed by atoms with Crippen LogP contribution in [-0.2, 0) is 0 Å². The van der Waals surface area contributed by atoms with E-state index >= 15 is 0 Å². The highest BCUT2D eigenvalue weighted by Gasteiger charge is 2.12. The predicted molar refractivity (Wildman–Crippen MR) is 82.3 cm³/mol. The molecular weight excluding hydrogens is 249 g/mol. The molecule has 0 aliphatic rings. The zero-order chi connectivity index (χ0) is 14.4. The van der Waals surface area contributed by atoms with Gasteiger partial charge in [-0.05, 0) is 35.6 Å². The molecule has 1 N–H and O–H groups in total. The second-order valence-corrected chi connectivity index (χ2v) is 5.24. The van der Waals surface area contributed by atoms with E-state index in [-0.39, 0.29) is 11.9 Å². The zero-order valence-corrected chi connectivity index (χ0v) is 12.1. The van der Waals surface area contributed by atoms with Gasteiger partial charge in [0.15, 0.2) is 0 Å². The van der Waals surface area contributed by atoms with Gasteiger partial charge in [0.05, 0.1) is 0 Å². The number of nitrogens with one attached hydrogen (secondary N) is 1. The van der Waals surface area contributed by atoms with Crippen molar-refractivity contribution in [2.45, 2.75) is 32.2 Å². The second-order valence-electron chi connectivity index (χ2n) is 5.24. The van der Waals surface area contributed by atoms with Crippen molar-refractivity contribution in [2.24, 2.45) is 0 Å². The minimum Gasteiger partial charge on any atom is -0.309 e. The summed E-state index contributed by atoms with van der Waals surface area (Å²) in [4.78, 5) is 0. The molecule has 0 aliphatic carbocycles. The Kier molecular flexibility index (Phi) is 5.31. The van der Waals surface area contributed by atoms with Crippen LogP contribution < -0.4 is 5.32 Å². The Bertz CT molecular complexity index is 524. The van der Waals surface area contributed by atoms with Gasteiger partial charge in [-0.25, -0.2) is 4.39 Å². The summed E-state index contributed by atoms with van der Waals surface area (Å²) >= 11 is 0. The van der Waals surface area contributed by atoms with E-state index in [4.69, 9.17) is 0 Å². The monoisotopic (exact) mass is 271 g/mol. The molecule has 0 heterocycles. The van der Waals surface area contributed by atoms with E-state index in [0.29, 0.717) is 5.92 Å². The molecule has 2 atom stereocenters. The molecule has 2 unspecified atom stereocenters. The van der Waals surface area contributed by atoms with Crippen LogP contribution in [0.1, 0.15) is 43.4 Å². The molecule has 0 aromatic heterocycles. The molecule has 2 heteroatoms. The van der Waals surface area contributed by atoms with Crippen LogP contribution in [-0.4, -0.2) is 6.54 Å². The molecule has 2 aromatic carbocycles. The minimum absolute atomic E-state index is 0.168. The summed E-state index contributed by atoms with van der Waals surface area (Å²) in [6.45, 7) is 5.22. The van der Waals surface area contributed by atoms with Gasteiger partial charge in [-0.3, -0.25) is 0 Å². The highest BCUT2D eigenvalue weighted by atomic mass is 19.1. The van der Waals surface area contributed by atoms with Gasteiger partial charge in [0.25, 0.3) is 0 Å². The SMILES string of the molecule is CCC(NCC(C)c1ccccc1)c1cccc(F)c1. The first kappa shape index (κ1) is 14.7. The highest BCUT2D eigenvalue weighted by Crippen LogP contribution is 2.20. The number of halogens is 1. The highest BCUT2D eigenvalue weighted by molar-refractivity contribution is 5.21. The van der Waals surface area contributed by atoms with Crippen molar-refractivity contribution in [3.8, 4) is 0 Å². The van der Waals surface area contributed by atoms with Crippen molar-refractivity contribution in [1.29, 1.82) is 0 Å². The lowest BCUT2D eigenvalue weighted by Gasteiger charge is -2.21. The van der Waals surface area contributed by atoms with Gasteiger partial charge in [-0.1, -0.05) is 56.3 Å². The Morgan fingerprint density at radius 1 is 1.00 bits per heavy atom. The predicted octanol–water partition coefficient (Wildman–Crippen LogP) is 4.67. The number of benzene rings is 2. The van der Waals surface area contributed by atoms with Gasteiger partial charge >= 0.3 is 0 Å². The van der Waals surface area contributed by atoms with E-state index in [1.54, 1.807) is 12.1 Å².